The highest BCUT2D eigenvalue weighted by Gasteiger charge is 2.16. The highest BCUT2D eigenvalue weighted by molar-refractivity contribution is 7.84. The van der Waals surface area contributed by atoms with Crippen LogP contribution in [0.25, 0.3) is 0 Å². The van der Waals surface area contributed by atoms with Crippen LogP contribution in [0, 0.1) is 11.7 Å². The molecule has 0 bridgehead atoms. The Kier molecular flexibility index (Phi) is 5.28. The molecule has 2 atom stereocenters. The second-order valence-electron chi connectivity index (χ2n) is 4.59. The summed E-state index contributed by atoms with van der Waals surface area (Å²) in [5, 5.41) is 0.130. The molecule has 1 aromatic rings. The lowest BCUT2D eigenvalue weighted by Crippen LogP contribution is -2.19. The summed E-state index contributed by atoms with van der Waals surface area (Å²) in [5.41, 5.74) is 7.20. The fourth-order valence-electron chi connectivity index (χ4n) is 1.51. The van der Waals surface area contributed by atoms with Crippen LogP contribution in [-0.4, -0.2) is 9.46 Å². The van der Waals surface area contributed by atoms with E-state index >= 15 is 0 Å². The molecule has 0 heterocycles. The first-order valence-electron chi connectivity index (χ1n) is 5.80. The molecule has 0 saturated carbocycles. The van der Waals surface area contributed by atoms with Gasteiger partial charge in [0, 0.05) is 28.3 Å². The van der Waals surface area contributed by atoms with Gasteiger partial charge in [-0.25, -0.2) is 4.39 Å². The number of hydrogen-bond donors (Lipinski definition) is 1. The third-order valence-electron chi connectivity index (χ3n) is 3.04. The normalized spacial score (nSPS) is 14.9. The average molecular weight is 257 g/mol. The predicted octanol–water partition coefficient (Wildman–Crippen LogP) is 2.58. The van der Waals surface area contributed by atoms with E-state index < -0.39 is 10.8 Å². The summed E-state index contributed by atoms with van der Waals surface area (Å²) in [5.74, 6) is 0.529. The Balaban J connectivity index is 2.84. The highest BCUT2D eigenvalue weighted by atomic mass is 32.2. The van der Waals surface area contributed by atoms with Crippen molar-refractivity contribution in [1.82, 2.24) is 0 Å². The second-order valence-corrected chi connectivity index (χ2v) is 6.39. The van der Waals surface area contributed by atoms with E-state index in [1.54, 1.807) is 6.07 Å². The van der Waals surface area contributed by atoms with Crippen molar-refractivity contribution in [2.24, 2.45) is 11.7 Å². The fraction of sp³-hybridized carbons (Fsp3) is 0.538. The van der Waals surface area contributed by atoms with Gasteiger partial charge in [-0.2, -0.15) is 0 Å². The third kappa shape index (κ3) is 3.89. The maximum atomic E-state index is 13.0. The molecule has 0 aliphatic carbocycles. The first kappa shape index (κ1) is 14.3. The smallest absolute Gasteiger partial charge is 0.123 e. The number of rotatable bonds is 5. The number of nitrogens with two attached hydrogens (primary N) is 1. The minimum Gasteiger partial charge on any atom is -0.326 e. The zero-order valence-corrected chi connectivity index (χ0v) is 11.4. The molecular weight excluding hydrogens is 237 g/mol. The highest BCUT2D eigenvalue weighted by Crippen LogP contribution is 2.17. The Morgan fingerprint density at radius 1 is 1.29 bits per heavy atom. The van der Waals surface area contributed by atoms with Crippen molar-refractivity contribution < 1.29 is 8.60 Å². The molecule has 0 fully saturated rings. The Bertz CT molecular complexity index is 406. The molecule has 2 nitrogen and oxygen atoms in total. The van der Waals surface area contributed by atoms with Crippen molar-refractivity contribution in [3.05, 3.63) is 35.1 Å². The molecule has 0 amide bonds. The van der Waals surface area contributed by atoms with E-state index in [-0.39, 0.29) is 17.6 Å². The van der Waals surface area contributed by atoms with Crippen molar-refractivity contribution in [3.8, 4) is 0 Å². The van der Waals surface area contributed by atoms with E-state index in [0.717, 1.165) is 11.1 Å². The van der Waals surface area contributed by atoms with Gasteiger partial charge < -0.3 is 5.73 Å². The van der Waals surface area contributed by atoms with E-state index in [0.29, 0.717) is 11.7 Å². The molecule has 1 aromatic carbocycles. The van der Waals surface area contributed by atoms with Crippen LogP contribution in [-0.2, 0) is 23.1 Å². The molecule has 0 radical (unpaired) electrons. The van der Waals surface area contributed by atoms with Crippen LogP contribution in [0.15, 0.2) is 18.2 Å². The Morgan fingerprint density at radius 2 is 1.94 bits per heavy atom. The average Bonchev–Trinajstić information content (AvgIpc) is 2.30. The van der Waals surface area contributed by atoms with Gasteiger partial charge in [-0.15, -0.1) is 0 Å². The minimum atomic E-state index is -0.942. The number of benzene rings is 1. The predicted molar refractivity (Wildman–Crippen MR) is 70.4 cm³/mol. The Labute approximate surface area is 105 Å². The molecule has 0 spiro atoms. The van der Waals surface area contributed by atoms with E-state index in [1.165, 1.54) is 12.1 Å². The molecule has 2 N–H and O–H groups in total. The van der Waals surface area contributed by atoms with Gasteiger partial charge in [-0.05, 0) is 29.2 Å². The summed E-state index contributed by atoms with van der Waals surface area (Å²) in [7, 11) is -0.942. The summed E-state index contributed by atoms with van der Waals surface area (Å²) < 4.78 is 25.1. The second kappa shape index (κ2) is 6.26. The van der Waals surface area contributed by atoms with Gasteiger partial charge in [-0.1, -0.05) is 26.8 Å². The van der Waals surface area contributed by atoms with Crippen LogP contribution in [0.1, 0.15) is 31.9 Å². The summed E-state index contributed by atoms with van der Waals surface area (Å²) in [6.07, 6.45) is 0. The van der Waals surface area contributed by atoms with Gasteiger partial charge in [0.1, 0.15) is 5.82 Å². The molecule has 0 aliphatic rings. The molecule has 0 saturated heterocycles. The first-order chi connectivity index (χ1) is 7.95. The van der Waals surface area contributed by atoms with Gasteiger partial charge in [0.2, 0.25) is 0 Å². The van der Waals surface area contributed by atoms with E-state index in [1.807, 2.05) is 6.92 Å². The molecular formula is C13H20FNOS. The topological polar surface area (TPSA) is 43.1 Å². The Morgan fingerprint density at radius 3 is 2.47 bits per heavy atom. The molecule has 96 valence electrons. The lowest BCUT2D eigenvalue weighted by atomic mass is 10.1. The van der Waals surface area contributed by atoms with Gasteiger partial charge in [0.15, 0.2) is 0 Å². The standard InChI is InChI=1S/C13H20FNOS/c1-9(2)10(3)17(16)8-11-4-5-13(14)6-12(11)7-15/h4-6,9-10H,7-8,15H2,1-3H3. The van der Waals surface area contributed by atoms with Crippen LogP contribution < -0.4 is 5.73 Å². The summed E-state index contributed by atoms with van der Waals surface area (Å²) in [6, 6.07) is 4.50. The lowest BCUT2D eigenvalue weighted by molar-refractivity contribution is 0.604. The maximum absolute atomic E-state index is 13.0. The van der Waals surface area contributed by atoms with E-state index in [9.17, 15) is 8.60 Å². The Hall–Kier alpha value is -0.740. The summed E-state index contributed by atoms with van der Waals surface area (Å²) in [4.78, 5) is 0. The van der Waals surface area contributed by atoms with Gasteiger partial charge in [0.05, 0.1) is 0 Å². The van der Waals surface area contributed by atoms with Crippen molar-refractivity contribution in [2.75, 3.05) is 0 Å². The molecule has 2 unspecified atom stereocenters. The largest absolute Gasteiger partial charge is 0.326 e. The quantitative estimate of drug-likeness (QED) is 0.881. The van der Waals surface area contributed by atoms with Crippen LogP contribution in [0.2, 0.25) is 0 Å². The molecule has 4 heteroatoms. The van der Waals surface area contributed by atoms with Crippen molar-refractivity contribution in [1.29, 1.82) is 0 Å². The zero-order valence-electron chi connectivity index (χ0n) is 10.6. The van der Waals surface area contributed by atoms with E-state index in [4.69, 9.17) is 5.73 Å². The van der Waals surface area contributed by atoms with Gasteiger partial charge in [-0.3, -0.25) is 4.21 Å². The fourth-order valence-corrected chi connectivity index (χ4v) is 2.97. The molecule has 1 rings (SSSR count). The monoisotopic (exact) mass is 257 g/mol. The third-order valence-corrected chi connectivity index (χ3v) is 5.01. The minimum absolute atomic E-state index is 0.130. The van der Waals surface area contributed by atoms with Crippen molar-refractivity contribution in [2.45, 2.75) is 38.3 Å². The number of hydrogen-bond acceptors (Lipinski definition) is 2. The SMILES string of the molecule is CC(C)C(C)S(=O)Cc1ccc(F)cc1CN. The van der Waals surface area contributed by atoms with Crippen LogP contribution in [0.4, 0.5) is 4.39 Å². The maximum Gasteiger partial charge on any atom is 0.123 e. The van der Waals surface area contributed by atoms with E-state index in [2.05, 4.69) is 13.8 Å². The van der Waals surface area contributed by atoms with Gasteiger partial charge >= 0.3 is 0 Å². The molecule has 0 aromatic heterocycles. The van der Waals surface area contributed by atoms with Crippen LogP contribution >= 0.6 is 0 Å². The first-order valence-corrected chi connectivity index (χ1v) is 7.18. The lowest BCUT2D eigenvalue weighted by Gasteiger charge is -2.16. The molecule has 0 aliphatic heterocycles. The van der Waals surface area contributed by atoms with Crippen molar-refractivity contribution >= 4 is 10.8 Å². The summed E-state index contributed by atoms with van der Waals surface area (Å²) >= 11 is 0. The zero-order chi connectivity index (χ0) is 13.0. The summed E-state index contributed by atoms with van der Waals surface area (Å²) in [6.45, 7) is 6.36. The van der Waals surface area contributed by atoms with Gasteiger partial charge in [0.25, 0.3) is 0 Å². The van der Waals surface area contributed by atoms with Crippen LogP contribution in [0.3, 0.4) is 0 Å². The van der Waals surface area contributed by atoms with Crippen LogP contribution in [0.5, 0.6) is 0 Å². The van der Waals surface area contributed by atoms with Crippen molar-refractivity contribution in [3.63, 3.8) is 0 Å². The number of halogens is 1. The molecule has 17 heavy (non-hydrogen) atoms.